The highest BCUT2D eigenvalue weighted by molar-refractivity contribution is 7.89. The highest BCUT2D eigenvalue weighted by Gasteiger charge is 2.52. The molecule has 1 aromatic heterocycles. The molecule has 12 heteroatoms. The zero-order valence-corrected chi connectivity index (χ0v) is 24.3. The summed E-state index contributed by atoms with van der Waals surface area (Å²) in [6, 6.07) is 12.3. The van der Waals surface area contributed by atoms with E-state index in [0.717, 1.165) is 16.9 Å². The van der Waals surface area contributed by atoms with Gasteiger partial charge in [0.1, 0.15) is 23.5 Å². The van der Waals surface area contributed by atoms with Crippen LogP contribution in [0.2, 0.25) is 0 Å². The minimum atomic E-state index is -3.90. The number of rotatable bonds is 7. The fraction of sp³-hybridized carbons (Fsp3) is 0.400. The fourth-order valence-corrected chi connectivity index (χ4v) is 6.83. The number of nitrogens with zero attached hydrogens (tertiary/aromatic N) is 4. The van der Waals surface area contributed by atoms with Crippen LogP contribution in [0.3, 0.4) is 0 Å². The highest BCUT2D eigenvalue weighted by atomic mass is 32.2. The maximum atomic E-state index is 15.2. The number of nitrogens with one attached hydrogen (secondary N) is 1. The normalized spacial score (nSPS) is 20.6. The number of hydrogen-bond acceptors (Lipinski definition) is 7. The van der Waals surface area contributed by atoms with E-state index < -0.39 is 45.5 Å². The van der Waals surface area contributed by atoms with Crippen molar-refractivity contribution in [2.24, 2.45) is 5.92 Å². The summed E-state index contributed by atoms with van der Waals surface area (Å²) in [5, 5.41) is 16.4. The molecule has 0 spiro atoms. The van der Waals surface area contributed by atoms with Gasteiger partial charge in [-0.05, 0) is 75.3 Å². The van der Waals surface area contributed by atoms with Crippen LogP contribution in [0.15, 0.2) is 65.8 Å². The van der Waals surface area contributed by atoms with E-state index in [0.29, 0.717) is 17.5 Å². The van der Waals surface area contributed by atoms with Gasteiger partial charge in [-0.2, -0.15) is 22.9 Å². The molecule has 2 heterocycles. The van der Waals surface area contributed by atoms with Gasteiger partial charge in [0, 0.05) is 18.0 Å². The van der Waals surface area contributed by atoms with Gasteiger partial charge in [-0.15, -0.1) is 0 Å². The van der Waals surface area contributed by atoms with E-state index in [4.69, 9.17) is 4.74 Å². The number of aromatic nitrogens is 2. The van der Waals surface area contributed by atoms with Crippen LogP contribution in [-0.2, 0) is 26.0 Å². The zero-order chi connectivity index (χ0) is 30.2. The second-order valence-corrected chi connectivity index (χ2v) is 13.5. The Morgan fingerprint density at radius 2 is 1.90 bits per heavy atom. The lowest BCUT2D eigenvalue weighted by molar-refractivity contribution is -0.128. The SMILES string of the molecule is CC(C)(C)OC(=O)N1[C@@H]2CC[C@@H](C2)[C@H]1C(=O)N[C@H](C#N)Cc1ccc(-c2cnn(S(=O)(=O)c3ccccc3)c2)cc1F. The molecule has 1 saturated carbocycles. The van der Waals surface area contributed by atoms with Gasteiger partial charge in [0.15, 0.2) is 0 Å². The molecule has 220 valence electrons. The smallest absolute Gasteiger partial charge is 0.411 e. The van der Waals surface area contributed by atoms with Crippen LogP contribution < -0.4 is 5.32 Å². The molecule has 2 amide bonds. The number of nitriles is 1. The molecule has 2 aromatic carbocycles. The van der Waals surface area contributed by atoms with Crippen molar-refractivity contribution in [2.45, 2.75) is 75.1 Å². The first-order chi connectivity index (χ1) is 19.9. The standard InChI is InChI=1S/C30H32FN5O5S/c1-30(2,3)41-29(38)36-24-12-11-21(14-24)27(36)28(37)34-23(16-32)13-20-10-9-19(15-26(20)31)22-17-33-35(18-22)42(39,40)25-7-5-4-6-8-25/h4-10,15,17-18,21,23-24,27H,11-14H2,1-3H3,(H,34,37)/t21-,23-,24+,27-/m0/s1. The van der Waals surface area contributed by atoms with Gasteiger partial charge < -0.3 is 10.1 Å². The van der Waals surface area contributed by atoms with Crippen molar-refractivity contribution in [3.63, 3.8) is 0 Å². The lowest BCUT2D eigenvalue weighted by atomic mass is 9.97. The Hall–Kier alpha value is -4.24. The number of hydrogen-bond donors (Lipinski definition) is 1. The first-order valence-corrected chi connectivity index (χ1v) is 15.2. The van der Waals surface area contributed by atoms with Crippen molar-refractivity contribution in [3.05, 3.63) is 72.3 Å². The van der Waals surface area contributed by atoms with E-state index in [1.165, 1.54) is 41.6 Å². The average Bonchev–Trinajstić information content (AvgIpc) is 3.70. The minimum Gasteiger partial charge on any atom is -0.444 e. The van der Waals surface area contributed by atoms with Gasteiger partial charge in [0.05, 0.1) is 23.4 Å². The molecule has 1 N–H and O–H groups in total. The Morgan fingerprint density at radius 1 is 1.17 bits per heavy atom. The van der Waals surface area contributed by atoms with E-state index in [-0.39, 0.29) is 28.8 Å². The topological polar surface area (TPSA) is 134 Å². The van der Waals surface area contributed by atoms with Gasteiger partial charge in [-0.3, -0.25) is 9.69 Å². The molecule has 3 aromatic rings. The maximum absolute atomic E-state index is 15.2. The number of halogens is 1. The summed E-state index contributed by atoms with van der Waals surface area (Å²) in [5.41, 5.74) is 0.280. The maximum Gasteiger partial charge on any atom is 0.411 e. The highest BCUT2D eigenvalue weighted by Crippen LogP contribution is 2.43. The molecule has 1 aliphatic heterocycles. The van der Waals surface area contributed by atoms with Crippen molar-refractivity contribution in [2.75, 3.05) is 0 Å². The number of likely N-dealkylation sites (tertiary alicyclic amines) is 1. The van der Waals surface area contributed by atoms with Crippen LogP contribution in [0, 0.1) is 23.1 Å². The summed E-state index contributed by atoms with van der Waals surface area (Å²) in [6.45, 7) is 5.29. The van der Waals surface area contributed by atoms with Crippen LogP contribution in [0.25, 0.3) is 11.1 Å². The number of carbonyl (C=O) groups is 2. The minimum absolute atomic E-state index is 0.0236. The Bertz CT molecular complexity index is 1640. The number of carbonyl (C=O) groups excluding carboxylic acids is 2. The molecule has 2 fully saturated rings. The van der Waals surface area contributed by atoms with Gasteiger partial charge in [-0.1, -0.05) is 30.3 Å². The third-order valence-electron chi connectivity index (χ3n) is 7.59. The van der Waals surface area contributed by atoms with Crippen molar-refractivity contribution in [3.8, 4) is 17.2 Å². The van der Waals surface area contributed by atoms with Gasteiger partial charge >= 0.3 is 6.09 Å². The van der Waals surface area contributed by atoms with Gasteiger partial charge in [0.25, 0.3) is 10.0 Å². The quantitative estimate of drug-likeness (QED) is 0.433. The molecular formula is C30H32FN5O5S. The van der Waals surface area contributed by atoms with E-state index in [2.05, 4.69) is 10.4 Å². The molecule has 42 heavy (non-hydrogen) atoms. The van der Waals surface area contributed by atoms with Crippen molar-refractivity contribution < 1.29 is 27.1 Å². The molecule has 1 aliphatic carbocycles. The number of piperidine rings is 1. The zero-order valence-electron chi connectivity index (χ0n) is 23.5. The fourth-order valence-electron chi connectivity index (χ4n) is 5.69. The van der Waals surface area contributed by atoms with Crippen molar-refractivity contribution >= 4 is 22.0 Å². The van der Waals surface area contributed by atoms with Crippen LogP contribution in [0.5, 0.6) is 0 Å². The first kappa shape index (κ1) is 29.3. The van der Waals surface area contributed by atoms with E-state index in [1.54, 1.807) is 45.0 Å². The average molecular weight is 594 g/mol. The number of benzene rings is 2. The van der Waals surface area contributed by atoms with E-state index in [9.17, 15) is 23.3 Å². The molecule has 4 atom stereocenters. The lowest BCUT2D eigenvalue weighted by Crippen LogP contribution is -2.55. The summed E-state index contributed by atoms with van der Waals surface area (Å²) in [5.74, 6) is -1.09. The number of fused-ring (bicyclic) bond motifs is 2. The predicted octanol–water partition coefficient (Wildman–Crippen LogP) is 4.27. The van der Waals surface area contributed by atoms with Gasteiger partial charge in [0.2, 0.25) is 5.91 Å². The van der Waals surface area contributed by atoms with Crippen molar-refractivity contribution in [1.29, 1.82) is 5.26 Å². The number of amides is 2. The molecule has 2 bridgehead atoms. The van der Waals surface area contributed by atoms with Crippen LogP contribution in [0.4, 0.5) is 9.18 Å². The summed E-state index contributed by atoms with van der Waals surface area (Å²) < 4.78 is 47.2. The summed E-state index contributed by atoms with van der Waals surface area (Å²) >= 11 is 0. The van der Waals surface area contributed by atoms with E-state index in [1.807, 2.05) is 6.07 Å². The lowest BCUT2D eigenvalue weighted by Gasteiger charge is -2.35. The summed E-state index contributed by atoms with van der Waals surface area (Å²) in [6.07, 6.45) is 4.30. The Kier molecular flexibility index (Phi) is 7.81. The summed E-state index contributed by atoms with van der Waals surface area (Å²) in [4.78, 5) is 27.8. The Morgan fingerprint density at radius 3 is 2.57 bits per heavy atom. The Labute approximate surface area is 244 Å². The van der Waals surface area contributed by atoms with Crippen LogP contribution >= 0.6 is 0 Å². The molecule has 1 saturated heterocycles. The van der Waals surface area contributed by atoms with E-state index >= 15 is 4.39 Å². The molecule has 2 aliphatic rings. The number of ether oxygens (including phenoxy) is 1. The van der Waals surface area contributed by atoms with Crippen molar-refractivity contribution in [1.82, 2.24) is 19.4 Å². The second-order valence-electron chi connectivity index (χ2n) is 11.7. The molecule has 10 nitrogen and oxygen atoms in total. The largest absolute Gasteiger partial charge is 0.444 e. The molecule has 0 unspecified atom stereocenters. The predicted molar refractivity (Wildman–Crippen MR) is 151 cm³/mol. The Balaban J connectivity index is 1.28. The molecule has 5 rings (SSSR count). The molecule has 0 radical (unpaired) electrons. The van der Waals surface area contributed by atoms with Gasteiger partial charge in [-0.25, -0.2) is 9.18 Å². The first-order valence-electron chi connectivity index (χ1n) is 13.7. The monoisotopic (exact) mass is 593 g/mol. The third-order valence-corrected chi connectivity index (χ3v) is 9.15. The summed E-state index contributed by atoms with van der Waals surface area (Å²) in [7, 11) is -3.90. The molecular weight excluding hydrogens is 561 g/mol. The second kappa shape index (κ2) is 11.2. The van der Waals surface area contributed by atoms with Crippen LogP contribution in [0.1, 0.15) is 45.6 Å². The van der Waals surface area contributed by atoms with Crippen LogP contribution in [-0.4, -0.2) is 58.2 Å². The third kappa shape index (κ3) is 5.87.